The molecule has 0 aliphatic carbocycles. The van der Waals surface area contributed by atoms with E-state index in [0.29, 0.717) is 16.4 Å². The normalized spacial score (nSPS) is 13.1. The highest BCUT2D eigenvalue weighted by atomic mass is 32.1. The predicted molar refractivity (Wildman–Crippen MR) is 81.5 cm³/mol. The molecule has 0 saturated carbocycles. The number of aromatic nitrogens is 2. The highest BCUT2D eigenvalue weighted by molar-refractivity contribution is 7.80. The fourth-order valence-corrected chi connectivity index (χ4v) is 2.52. The largest absolute Gasteiger partial charge is 0.393 e. The van der Waals surface area contributed by atoms with E-state index in [-0.39, 0.29) is 17.2 Å². The van der Waals surface area contributed by atoms with Crippen LogP contribution in [0.5, 0.6) is 0 Å². The molecule has 1 rings (SSSR count). The van der Waals surface area contributed by atoms with Crippen LogP contribution in [-0.4, -0.2) is 39.0 Å². The maximum Gasteiger partial charge on any atom is 0.267 e. The Labute approximate surface area is 123 Å². The third kappa shape index (κ3) is 3.94. The molecule has 1 aromatic heterocycles. The lowest BCUT2D eigenvalue weighted by molar-refractivity contribution is 0.0789. The highest BCUT2D eigenvalue weighted by Crippen LogP contribution is 2.26. The Bertz CT molecular complexity index is 478. The van der Waals surface area contributed by atoms with Gasteiger partial charge in [-0.1, -0.05) is 44.4 Å². The Kier molecular flexibility index (Phi) is 4.98. The van der Waals surface area contributed by atoms with Gasteiger partial charge in [-0.15, -0.1) is 5.10 Å². The van der Waals surface area contributed by atoms with Crippen molar-refractivity contribution in [2.24, 2.45) is 11.7 Å². The summed E-state index contributed by atoms with van der Waals surface area (Å²) in [7, 11) is 1.74. The maximum atomic E-state index is 12.4. The van der Waals surface area contributed by atoms with E-state index in [1.807, 2.05) is 27.7 Å². The number of amides is 1. The second-order valence-corrected chi connectivity index (χ2v) is 6.92. The summed E-state index contributed by atoms with van der Waals surface area (Å²) < 4.78 is 3.90. The zero-order valence-corrected chi connectivity index (χ0v) is 13.6. The van der Waals surface area contributed by atoms with Gasteiger partial charge in [-0.05, 0) is 11.5 Å². The van der Waals surface area contributed by atoms with Gasteiger partial charge in [0.2, 0.25) is 0 Å². The summed E-state index contributed by atoms with van der Waals surface area (Å²) >= 11 is 6.06. The lowest BCUT2D eigenvalue weighted by Crippen LogP contribution is -2.36. The molecule has 0 saturated heterocycles. The molecule has 1 amide bonds. The van der Waals surface area contributed by atoms with Crippen molar-refractivity contribution >= 4 is 34.6 Å². The van der Waals surface area contributed by atoms with Crippen LogP contribution in [0.3, 0.4) is 0 Å². The van der Waals surface area contributed by atoms with Crippen LogP contribution in [0.25, 0.3) is 0 Å². The number of nitrogens with two attached hydrogens (primary N) is 1. The highest BCUT2D eigenvalue weighted by Gasteiger charge is 2.28. The molecule has 2 N–H and O–H groups in total. The van der Waals surface area contributed by atoms with Crippen molar-refractivity contribution in [2.75, 3.05) is 13.6 Å². The topological polar surface area (TPSA) is 72.1 Å². The van der Waals surface area contributed by atoms with E-state index >= 15 is 0 Å². The Balaban J connectivity index is 2.90. The number of hydrogen-bond donors (Lipinski definition) is 1. The van der Waals surface area contributed by atoms with Crippen LogP contribution in [-0.2, 0) is 5.41 Å². The summed E-state index contributed by atoms with van der Waals surface area (Å²) in [6.07, 6.45) is 0. The summed E-state index contributed by atoms with van der Waals surface area (Å²) in [5.41, 5.74) is 6.11. The third-order valence-corrected chi connectivity index (χ3v) is 3.89. The average Bonchev–Trinajstić information content (AvgIpc) is 2.75. The summed E-state index contributed by atoms with van der Waals surface area (Å²) in [5.74, 6) is -0.0917. The molecule has 0 spiro atoms. The number of nitrogens with zero attached hydrogens (tertiary/aromatic N) is 3. The van der Waals surface area contributed by atoms with Crippen LogP contribution in [0.1, 0.15) is 43.1 Å². The van der Waals surface area contributed by atoms with Crippen LogP contribution in [0.2, 0.25) is 0 Å². The first-order valence-electron chi connectivity index (χ1n) is 6.02. The van der Waals surface area contributed by atoms with Crippen LogP contribution < -0.4 is 5.73 Å². The van der Waals surface area contributed by atoms with Gasteiger partial charge >= 0.3 is 0 Å². The lowest BCUT2D eigenvalue weighted by atomic mass is 9.91. The molecule has 0 radical (unpaired) electrons. The van der Waals surface area contributed by atoms with Gasteiger partial charge in [0.1, 0.15) is 4.88 Å². The first kappa shape index (κ1) is 16.0. The van der Waals surface area contributed by atoms with E-state index in [2.05, 4.69) is 9.59 Å². The number of hydrogen-bond acceptors (Lipinski definition) is 5. The van der Waals surface area contributed by atoms with E-state index in [9.17, 15) is 4.79 Å². The number of thiocarbonyl (C=S) groups is 1. The molecule has 1 heterocycles. The van der Waals surface area contributed by atoms with E-state index in [1.165, 1.54) is 0 Å². The zero-order chi connectivity index (χ0) is 14.8. The minimum absolute atomic E-state index is 0.0112. The summed E-state index contributed by atoms with van der Waals surface area (Å²) in [6.45, 7) is 8.44. The molecule has 5 nitrogen and oxygen atoms in total. The first-order valence-corrected chi connectivity index (χ1v) is 7.20. The molecule has 0 aliphatic heterocycles. The number of rotatable bonds is 4. The molecule has 0 bridgehead atoms. The van der Waals surface area contributed by atoms with E-state index in [0.717, 1.165) is 17.2 Å². The maximum absolute atomic E-state index is 12.4. The van der Waals surface area contributed by atoms with Crippen molar-refractivity contribution in [1.29, 1.82) is 0 Å². The molecule has 1 aromatic rings. The fraction of sp³-hybridized carbons (Fsp3) is 0.667. The SMILES string of the molecule is CC(CN(C)C(=O)c1snnc1C(C)(C)C)C(N)=S. The number of carbonyl (C=O) groups excluding carboxylic acids is 1. The Morgan fingerprint density at radius 3 is 2.58 bits per heavy atom. The minimum atomic E-state index is -0.201. The van der Waals surface area contributed by atoms with Gasteiger partial charge in [0.25, 0.3) is 5.91 Å². The second-order valence-electron chi connectivity index (χ2n) is 5.69. The van der Waals surface area contributed by atoms with Crippen molar-refractivity contribution in [1.82, 2.24) is 14.5 Å². The molecule has 0 aromatic carbocycles. The lowest BCUT2D eigenvalue weighted by Gasteiger charge is -2.22. The predicted octanol–water partition coefficient (Wildman–Crippen LogP) is 1.83. The molecule has 106 valence electrons. The van der Waals surface area contributed by atoms with Crippen molar-refractivity contribution in [2.45, 2.75) is 33.1 Å². The van der Waals surface area contributed by atoms with Crippen molar-refractivity contribution in [3.05, 3.63) is 10.6 Å². The van der Waals surface area contributed by atoms with Gasteiger partial charge < -0.3 is 10.6 Å². The van der Waals surface area contributed by atoms with Crippen molar-refractivity contribution < 1.29 is 4.79 Å². The molecular formula is C12H20N4OS2. The Hall–Kier alpha value is -1.08. The molecular weight excluding hydrogens is 280 g/mol. The summed E-state index contributed by atoms with van der Waals surface area (Å²) in [6, 6.07) is 0. The first-order chi connectivity index (χ1) is 8.64. The van der Waals surface area contributed by atoms with Gasteiger partial charge in [-0.25, -0.2) is 0 Å². The molecule has 0 fully saturated rings. The van der Waals surface area contributed by atoms with Crippen LogP contribution >= 0.6 is 23.8 Å². The van der Waals surface area contributed by atoms with Crippen LogP contribution in [0.15, 0.2) is 0 Å². The monoisotopic (exact) mass is 300 g/mol. The van der Waals surface area contributed by atoms with Gasteiger partial charge in [0, 0.05) is 24.9 Å². The minimum Gasteiger partial charge on any atom is -0.393 e. The summed E-state index contributed by atoms with van der Waals surface area (Å²) in [5, 5.41) is 4.08. The molecule has 0 aliphatic rings. The van der Waals surface area contributed by atoms with E-state index in [1.54, 1.807) is 11.9 Å². The fourth-order valence-electron chi connectivity index (χ4n) is 1.58. The van der Waals surface area contributed by atoms with Gasteiger partial charge in [-0.2, -0.15) is 0 Å². The van der Waals surface area contributed by atoms with Crippen LogP contribution in [0, 0.1) is 5.92 Å². The van der Waals surface area contributed by atoms with E-state index < -0.39 is 0 Å². The summed E-state index contributed by atoms with van der Waals surface area (Å²) in [4.78, 5) is 15.0. The standard InChI is InChI=1S/C12H20N4OS2/c1-7(10(13)18)6-16(5)11(17)8-9(12(2,3)4)14-15-19-8/h7H,6H2,1-5H3,(H2,13,18). The third-order valence-electron chi connectivity index (χ3n) is 2.77. The van der Waals surface area contributed by atoms with E-state index in [4.69, 9.17) is 18.0 Å². The second kappa shape index (κ2) is 5.92. The van der Waals surface area contributed by atoms with Gasteiger partial charge in [-0.3, -0.25) is 4.79 Å². The van der Waals surface area contributed by atoms with Gasteiger partial charge in [0.15, 0.2) is 0 Å². The van der Waals surface area contributed by atoms with Crippen molar-refractivity contribution in [3.63, 3.8) is 0 Å². The quantitative estimate of drug-likeness (QED) is 0.859. The smallest absolute Gasteiger partial charge is 0.267 e. The molecule has 1 atom stereocenters. The Morgan fingerprint density at radius 1 is 1.53 bits per heavy atom. The molecule has 1 unspecified atom stereocenters. The number of carbonyl (C=O) groups is 1. The van der Waals surface area contributed by atoms with Crippen LogP contribution in [0.4, 0.5) is 0 Å². The molecule has 19 heavy (non-hydrogen) atoms. The zero-order valence-electron chi connectivity index (χ0n) is 11.9. The van der Waals surface area contributed by atoms with Gasteiger partial charge in [0.05, 0.1) is 10.7 Å². The Morgan fingerprint density at radius 2 is 2.11 bits per heavy atom. The molecule has 7 heteroatoms. The average molecular weight is 300 g/mol. The van der Waals surface area contributed by atoms with Crippen molar-refractivity contribution in [3.8, 4) is 0 Å².